The number of hydrogen-bond donors (Lipinski definition) is 1. The van der Waals surface area contributed by atoms with Crippen molar-refractivity contribution in [2.75, 3.05) is 45.2 Å². The van der Waals surface area contributed by atoms with Crippen LogP contribution in [0.3, 0.4) is 0 Å². The first-order valence-corrected chi connectivity index (χ1v) is 11.0. The zero-order valence-electron chi connectivity index (χ0n) is 19.2. The Balaban J connectivity index is 1.41. The molecule has 0 aliphatic carbocycles. The number of hydrogen-bond acceptors (Lipinski definition) is 6. The van der Waals surface area contributed by atoms with Gasteiger partial charge in [0.15, 0.2) is 0 Å². The molecule has 2 aromatic carbocycles. The topological polar surface area (TPSA) is 88.9 Å². The minimum absolute atomic E-state index is 0.187. The van der Waals surface area contributed by atoms with Gasteiger partial charge in [0.1, 0.15) is 11.6 Å². The number of aryl methyl sites for hydroxylation is 1. The van der Waals surface area contributed by atoms with Crippen molar-refractivity contribution in [2.45, 2.75) is 13.5 Å². The van der Waals surface area contributed by atoms with E-state index in [9.17, 15) is 9.59 Å². The van der Waals surface area contributed by atoms with E-state index in [0.29, 0.717) is 43.2 Å². The van der Waals surface area contributed by atoms with Crippen molar-refractivity contribution in [3.05, 3.63) is 53.9 Å². The van der Waals surface area contributed by atoms with Crippen LogP contribution in [0.4, 0.5) is 10.5 Å². The molecular weight excluding hydrogens is 422 g/mol. The number of ether oxygens (including phenoxy) is 2. The molecule has 0 radical (unpaired) electrons. The summed E-state index contributed by atoms with van der Waals surface area (Å²) in [6, 6.07) is 12.7. The molecular formula is C24H29N5O4. The number of carbonyl (C=O) groups is 2. The molecule has 2 amide bonds. The summed E-state index contributed by atoms with van der Waals surface area (Å²) in [5.74, 6) is 1.46. The van der Waals surface area contributed by atoms with Gasteiger partial charge in [-0.2, -0.15) is 0 Å². The lowest BCUT2D eigenvalue weighted by atomic mass is 10.2. The van der Waals surface area contributed by atoms with Crippen LogP contribution in [0.5, 0.6) is 5.75 Å². The minimum Gasteiger partial charge on any atom is -0.497 e. The molecule has 1 aliphatic rings. The van der Waals surface area contributed by atoms with Crippen LogP contribution in [0, 0.1) is 0 Å². The van der Waals surface area contributed by atoms with E-state index >= 15 is 0 Å². The lowest BCUT2D eigenvalue weighted by molar-refractivity contribution is 0.0770. The molecule has 0 unspecified atom stereocenters. The molecule has 4 rings (SSSR count). The van der Waals surface area contributed by atoms with Crippen LogP contribution in [0.25, 0.3) is 11.0 Å². The zero-order chi connectivity index (χ0) is 23.4. The second-order valence-electron chi connectivity index (χ2n) is 7.94. The summed E-state index contributed by atoms with van der Waals surface area (Å²) in [5, 5.41) is 2.93. The summed E-state index contributed by atoms with van der Waals surface area (Å²) in [6.45, 7) is 5.72. The third-order valence-electron chi connectivity index (χ3n) is 5.85. The second-order valence-corrected chi connectivity index (χ2v) is 7.94. The monoisotopic (exact) mass is 451 g/mol. The fourth-order valence-electron chi connectivity index (χ4n) is 3.92. The maximum absolute atomic E-state index is 12.6. The van der Waals surface area contributed by atoms with Crippen LogP contribution in [-0.2, 0) is 18.3 Å². The fourth-order valence-corrected chi connectivity index (χ4v) is 3.92. The van der Waals surface area contributed by atoms with Crippen LogP contribution in [-0.4, -0.2) is 71.2 Å². The first-order chi connectivity index (χ1) is 16.0. The summed E-state index contributed by atoms with van der Waals surface area (Å²) in [6.07, 6.45) is -0.246. The summed E-state index contributed by atoms with van der Waals surface area (Å²) in [5.41, 5.74) is 3.07. The van der Waals surface area contributed by atoms with Gasteiger partial charge in [-0.05, 0) is 49.4 Å². The molecule has 9 nitrogen and oxygen atoms in total. The number of methoxy groups -OCH3 is 1. The molecule has 1 fully saturated rings. The average Bonchev–Trinajstić information content (AvgIpc) is 3.14. The summed E-state index contributed by atoms with van der Waals surface area (Å²) in [4.78, 5) is 33.3. The highest BCUT2D eigenvalue weighted by Gasteiger charge is 2.23. The van der Waals surface area contributed by atoms with Crippen LogP contribution in [0.15, 0.2) is 42.5 Å². The van der Waals surface area contributed by atoms with Gasteiger partial charge in [-0.25, -0.2) is 9.78 Å². The number of rotatable bonds is 6. The third kappa shape index (κ3) is 5.09. The molecule has 174 valence electrons. The highest BCUT2D eigenvalue weighted by molar-refractivity contribution is 6.05. The number of nitrogens with one attached hydrogen (secondary N) is 1. The van der Waals surface area contributed by atoms with Gasteiger partial charge in [-0.1, -0.05) is 0 Å². The molecule has 1 saturated heterocycles. The van der Waals surface area contributed by atoms with Crippen LogP contribution >= 0.6 is 0 Å². The van der Waals surface area contributed by atoms with E-state index < -0.39 is 0 Å². The van der Waals surface area contributed by atoms with Gasteiger partial charge in [0.2, 0.25) is 0 Å². The predicted octanol–water partition coefficient (Wildman–Crippen LogP) is 3.11. The number of imidazole rings is 1. The van der Waals surface area contributed by atoms with E-state index in [0.717, 1.165) is 29.9 Å². The van der Waals surface area contributed by atoms with E-state index in [1.54, 1.807) is 36.3 Å². The van der Waals surface area contributed by atoms with Gasteiger partial charge in [0.25, 0.3) is 5.91 Å². The highest BCUT2D eigenvalue weighted by Crippen LogP contribution is 2.22. The van der Waals surface area contributed by atoms with Gasteiger partial charge in [-0.3, -0.25) is 9.69 Å². The summed E-state index contributed by atoms with van der Waals surface area (Å²) >= 11 is 0. The van der Waals surface area contributed by atoms with E-state index in [1.165, 1.54) is 0 Å². The molecule has 0 atom stereocenters. The van der Waals surface area contributed by atoms with Crippen molar-refractivity contribution < 1.29 is 19.1 Å². The number of amides is 2. The Morgan fingerprint density at radius 2 is 1.79 bits per heavy atom. The lowest BCUT2D eigenvalue weighted by Crippen LogP contribution is -2.48. The van der Waals surface area contributed by atoms with Crippen molar-refractivity contribution in [3.63, 3.8) is 0 Å². The Kier molecular flexibility index (Phi) is 6.79. The van der Waals surface area contributed by atoms with Crippen molar-refractivity contribution in [3.8, 4) is 5.75 Å². The molecule has 0 saturated carbocycles. The molecule has 1 aromatic heterocycles. The zero-order valence-corrected chi connectivity index (χ0v) is 19.2. The first kappa shape index (κ1) is 22.6. The van der Waals surface area contributed by atoms with Gasteiger partial charge >= 0.3 is 6.09 Å². The van der Waals surface area contributed by atoms with Gasteiger partial charge < -0.3 is 24.3 Å². The molecule has 2 heterocycles. The number of piperazine rings is 1. The number of aromatic nitrogens is 2. The fraction of sp³-hybridized carbons (Fsp3) is 0.375. The quantitative estimate of drug-likeness (QED) is 0.620. The molecule has 33 heavy (non-hydrogen) atoms. The largest absolute Gasteiger partial charge is 0.497 e. The van der Waals surface area contributed by atoms with E-state index in [4.69, 9.17) is 14.5 Å². The minimum atomic E-state index is -0.246. The Morgan fingerprint density at radius 1 is 1.06 bits per heavy atom. The summed E-state index contributed by atoms with van der Waals surface area (Å²) in [7, 11) is 3.59. The van der Waals surface area contributed by atoms with Crippen molar-refractivity contribution in [2.24, 2.45) is 7.05 Å². The smallest absolute Gasteiger partial charge is 0.409 e. The van der Waals surface area contributed by atoms with E-state index in [1.807, 2.05) is 32.2 Å². The molecule has 3 aromatic rings. The Labute approximate surface area is 192 Å². The van der Waals surface area contributed by atoms with Gasteiger partial charge in [0, 0.05) is 44.5 Å². The third-order valence-corrected chi connectivity index (χ3v) is 5.85. The molecule has 9 heteroatoms. The SMILES string of the molecule is CCOC(=O)N1CCN(Cc2nc3cc(NC(=O)c4ccc(OC)cc4)ccc3n2C)CC1. The van der Waals surface area contributed by atoms with Crippen LogP contribution in [0.1, 0.15) is 23.1 Å². The Hall–Kier alpha value is -3.59. The van der Waals surface area contributed by atoms with Crippen LogP contribution < -0.4 is 10.1 Å². The highest BCUT2D eigenvalue weighted by atomic mass is 16.6. The molecule has 1 N–H and O–H groups in total. The van der Waals surface area contributed by atoms with Gasteiger partial charge in [0.05, 0.1) is 31.3 Å². The van der Waals surface area contributed by atoms with Gasteiger partial charge in [-0.15, -0.1) is 0 Å². The van der Waals surface area contributed by atoms with Crippen molar-refractivity contribution in [1.82, 2.24) is 19.4 Å². The number of benzene rings is 2. The normalized spacial score (nSPS) is 14.3. The Morgan fingerprint density at radius 3 is 2.45 bits per heavy atom. The lowest BCUT2D eigenvalue weighted by Gasteiger charge is -2.33. The van der Waals surface area contributed by atoms with Crippen molar-refractivity contribution in [1.29, 1.82) is 0 Å². The predicted molar refractivity (Wildman–Crippen MR) is 126 cm³/mol. The molecule has 0 spiro atoms. The number of fused-ring (bicyclic) bond motifs is 1. The maximum atomic E-state index is 12.6. The number of anilines is 1. The summed E-state index contributed by atoms with van der Waals surface area (Å²) < 4.78 is 12.3. The van der Waals surface area contributed by atoms with E-state index in [-0.39, 0.29) is 12.0 Å². The number of nitrogens with zero attached hydrogens (tertiary/aromatic N) is 4. The molecule has 1 aliphatic heterocycles. The average molecular weight is 452 g/mol. The maximum Gasteiger partial charge on any atom is 0.409 e. The number of carbonyl (C=O) groups excluding carboxylic acids is 2. The van der Waals surface area contributed by atoms with E-state index in [2.05, 4.69) is 14.8 Å². The molecule has 0 bridgehead atoms. The standard InChI is InChI=1S/C24H29N5O4/c1-4-33-24(31)29-13-11-28(12-14-29)16-22-26-20-15-18(7-10-21(20)27(22)2)25-23(30)17-5-8-19(32-3)9-6-17/h5-10,15H,4,11-14,16H2,1-3H3,(H,25,30). The van der Waals surface area contributed by atoms with Crippen LogP contribution in [0.2, 0.25) is 0 Å². The Bertz CT molecular complexity index is 1130. The second kappa shape index (κ2) is 9.91. The first-order valence-electron chi connectivity index (χ1n) is 11.0. The van der Waals surface area contributed by atoms with Crippen molar-refractivity contribution >= 4 is 28.7 Å².